The summed E-state index contributed by atoms with van der Waals surface area (Å²) in [5, 5.41) is 4.13. The Morgan fingerprint density at radius 3 is 2.31 bits per heavy atom. The van der Waals surface area contributed by atoms with E-state index in [0.29, 0.717) is 37.8 Å². The third-order valence-corrected chi connectivity index (χ3v) is 6.28. The first-order valence-electron chi connectivity index (χ1n) is 11.1. The Morgan fingerprint density at radius 1 is 1.03 bits per heavy atom. The van der Waals surface area contributed by atoms with Crippen molar-refractivity contribution in [3.8, 4) is 11.4 Å². The normalized spacial score (nSPS) is 16.0. The molecule has 0 unspecified atom stereocenters. The Labute approximate surface area is 189 Å². The monoisotopic (exact) mass is 433 g/mol. The van der Waals surface area contributed by atoms with E-state index in [1.165, 1.54) is 5.56 Å². The van der Waals surface area contributed by atoms with Crippen LogP contribution < -0.4 is 0 Å². The van der Waals surface area contributed by atoms with Gasteiger partial charge in [0.1, 0.15) is 0 Å². The number of benzene rings is 2. The molecule has 3 aromatic rings. The lowest BCUT2D eigenvalue weighted by Crippen LogP contribution is -2.48. The summed E-state index contributed by atoms with van der Waals surface area (Å²) in [5.41, 5.74) is 2.68. The molecule has 0 bridgehead atoms. The van der Waals surface area contributed by atoms with Crippen molar-refractivity contribution in [1.29, 1.82) is 0 Å². The van der Waals surface area contributed by atoms with E-state index in [1.54, 1.807) is 11.9 Å². The van der Waals surface area contributed by atoms with E-state index in [1.807, 2.05) is 42.5 Å². The molecule has 6 heteroatoms. The third-order valence-electron chi connectivity index (χ3n) is 6.28. The highest BCUT2D eigenvalue weighted by atomic mass is 16.5. The van der Waals surface area contributed by atoms with Crippen molar-refractivity contribution >= 4 is 5.91 Å². The van der Waals surface area contributed by atoms with E-state index in [0.717, 1.165) is 11.1 Å². The highest BCUT2D eigenvalue weighted by Crippen LogP contribution is 2.37. The minimum absolute atomic E-state index is 0.0567. The van der Waals surface area contributed by atoms with Gasteiger partial charge >= 0.3 is 0 Å². The maximum Gasteiger partial charge on any atom is 0.246 e. The van der Waals surface area contributed by atoms with E-state index in [-0.39, 0.29) is 17.9 Å². The summed E-state index contributed by atoms with van der Waals surface area (Å²) in [5.74, 6) is 1.01. The number of nitrogens with zero attached hydrogens (tertiary/aromatic N) is 3. The van der Waals surface area contributed by atoms with Gasteiger partial charge in [0.15, 0.2) is 0 Å². The van der Waals surface area contributed by atoms with Crippen LogP contribution in [-0.2, 0) is 26.9 Å². The Balaban J connectivity index is 1.51. The maximum atomic E-state index is 13.6. The van der Waals surface area contributed by atoms with Gasteiger partial charge in [0.25, 0.3) is 0 Å². The second-order valence-electron chi connectivity index (χ2n) is 9.56. The molecule has 6 nitrogen and oxygen atoms in total. The summed E-state index contributed by atoms with van der Waals surface area (Å²) in [4.78, 5) is 19.8. The van der Waals surface area contributed by atoms with Crippen LogP contribution in [0, 0.1) is 0 Å². The zero-order valence-corrected chi connectivity index (χ0v) is 19.3. The van der Waals surface area contributed by atoms with Crippen molar-refractivity contribution in [1.82, 2.24) is 15.0 Å². The van der Waals surface area contributed by atoms with Gasteiger partial charge in [-0.25, -0.2) is 0 Å². The van der Waals surface area contributed by atoms with Gasteiger partial charge in [-0.15, -0.1) is 0 Å². The van der Waals surface area contributed by atoms with Crippen LogP contribution in [0.2, 0.25) is 0 Å². The highest BCUT2D eigenvalue weighted by Gasteiger charge is 2.43. The Hall–Kier alpha value is -2.99. The molecule has 0 N–H and O–H groups in total. The second-order valence-corrected chi connectivity index (χ2v) is 9.56. The summed E-state index contributed by atoms with van der Waals surface area (Å²) >= 11 is 0. The van der Waals surface area contributed by atoms with Crippen molar-refractivity contribution in [3.05, 3.63) is 71.6 Å². The number of hydrogen-bond donors (Lipinski definition) is 0. The third kappa shape index (κ3) is 4.46. The molecule has 0 saturated carbocycles. The van der Waals surface area contributed by atoms with Gasteiger partial charge in [0, 0.05) is 25.8 Å². The lowest BCUT2D eigenvalue weighted by Gasteiger charge is -2.38. The molecule has 2 heterocycles. The van der Waals surface area contributed by atoms with E-state index in [9.17, 15) is 4.79 Å². The van der Waals surface area contributed by atoms with Gasteiger partial charge < -0.3 is 14.2 Å². The Morgan fingerprint density at radius 2 is 1.69 bits per heavy atom. The van der Waals surface area contributed by atoms with Crippen LogP contribution in [-0.4, -0.2) is 41.2 Å². The number of likely N-dealkylation sites (N-methyl/N-ethyl adjacent to an activating group) is 1. The molecule has 32 heavy (non-hydrogen) atoms. The average Bonchev–Trinajstić information content (AvgIpc) is 3.27. The summed E-state index contributed by atoms with van der Waals surface area (Å²) in [6.07, 6.45) is 1.32. The number of rotatable bonds is 5. The summed E-state index contributed by atoms with van der Waals surface area (Å²) in [6, 6.07) is 18.2. The van der Waals surface area contributed by atoms with Crippen molar-refractivity contribution in [3.63, 3.8) is 0 Å². The zero-order chi connectivity index (χ0) is 22.8. The van der Waals surface area contributed by atoms with Crippen LogP contribution in [0.25, 0.3) is 11.4 Å². The summed E-state index contributed by atoms with van der Waals surface area (Å²) in [7, 11) is 1.80. The first kappa shape index (κ1) is 22.2. The van der Waals surface area contributed by atoms with Gasteiger partial charge in [-0.3, -0.25) is 4.79 Å². The number of carbonyl (C=O) groups is 1. The minimum Gasteiger partial charge on any atom is -0.381 e. The average molecular weight is 434 g/mol. The molecule has 0 aliphatic carbocycles. The number of hydrogen-bond acceptors (Lipinski definition) is 5. The van der Waals surface area contributed by atoms with Crippen molar-refractivity contribution in [2.45, 2.75) is 51.0 Å². The fraction of sp³-hybridized carbons (Fsp3) is 0.423. The smallest absolute Gasteiger partial charge is 0.246 e. The van der Waals surface area contributed by atoms with Crippen molar-refractivity contribution < 1.29 is 14.1 Å². The summed E-state index contributed by atoms with van der Waals surface area (Å²) < 4.78 is 11.0. The molecule has 168 valence electrons. The molecule has 1 aliphatic heterocycles. The predicted molar refractivity (Wildman–Crippen MR) is 123 cm³/mol. The van der Waals surface area contributed by atoms with Gasteiger partial charge in [-0.1, -0.05) is 80.5 Å². The van der Waals surface area contributed by atoms with Gasteiger partial charge in [-0.05, 0) is 29.4 Å². The van der Waals surface area contributed by atoms with Crippen molar-refractivity contribution in [2.75, 3.05) is 20.3 Å². The van der Waals surface area contributed by atoms with Crippen LogP contribution in [0.15, 0.2) is 59.1 Å². The lowest BCUT2D eigenvalue weighted by molar-refractivity contribution is -0.140. The molecular weight excluding hydrogens is 402 g/mol. The largest absolute Gasteiger partial charge is 0.381 e. The maximum absolute atomic E-state index is 13.6. The number of carbonyl (C=O) groups excluding carboxylic acids is 1. The molecule has 1 amide bonds. The standard InChI is InChI=1S/C26H31N3O3/c1-25(2,3)20-12-10-19(11-13-20)23-27-22(32-28-23)18-29(4)24(30)26(14-16-31-17-15-26)21-8-6-5-7-9-21/h5-13H,14-18H2,1-4H3. The number of aromatic nitrogens is 2. The minimum atomic E-state index is -0.583. The lowest BCUT2D eigenvalue weighted by atomic mass is 9.73. The van der Waals surface area contributed by atoms with Gasteiger partial charge in [0.2, 0.25) is 17.6 Å². The van der Waals surface area contributed by atoms with Crippen molar-refractivity contribution in [2.24, 2.45) is 0 Å². The van der Waals surface area contributed by atoms with Crippen LogP contribution in [0.4, 0.5) is 0 Å². The molecule has 1 aromatic heterocycles. The first-order chi connectivity index (χ1) is 15.3. The van der Waals surface area contributed by atoms with Crippen LogP contribution >= 0.6 is 0 Å². The quantitative estimate of drug-likeness (QED) is 0.581. The van der Waals surface area contributed by atoms with E-state index < -0.39 is 5.41 Å². The molecular formula is C26H31N3O3. The topological polar surface area (TPSA) is 68.5 Å². The Kier molecular flexibility index (Phi) is 6.15. The first-order valence-corrected chi connectivity index (χ1v) is 11.1. The molecule has 2 aromatic carbocycles. The van der Waals surface area contributed by atoms with E-state index >= 15 is 0 Å². The SMILES string of the molecule is CN(Cc1nc(-c2ccc(C(C)(C)C)cc2)no1)C(=O)C1(c2ccccc2)CCOCC1. The molecule has 0 spiro atoms. The number of amides is 1. The molecule has 4 rings (SSSR count). The molecule has 1 fully saturated rings. The highest BCUT2D eigenvalue weighted by molar-refractivity contribution is 5.88. The Bertz CT molecular complexity index is 1050. The van der Waals surface area contributed by atoms with Crippen LogP contribution in [0.3, 0.4) is 0 Å². The fourth-order valence-corrected chi connectivity index (χ4v) is 4.30. The number of ether oxygens (including phenoxy) is 1. The van der Waals surface area contributed by atoms with E-state index in [2.05, 4.69) is 43.0 Å². The molecule has 1 saturated heterocycles. The summed E-state index contributed by atoms with van der Waals surface area (Å²) in [6.45, 7) is 7.96. The molecule has 1 aliphatic rings. The molecule has 0 atom stereocenters. The second kappa shape index (κ2) is 8.87. The fourth-order valence-electron chi connectivity index (χ4n) is 4.30. The van der Waals surface area contributed by atoms with E-state index in [4.69, 9.17) is 9.26 Å². The van der Waals surface area contributed by atoms with Gasteiger partial charge in [-0.2, -0.15) is 4.98 Å². The zero-order valence-electron chi connectivity index (χ0n) is 19.3. The van der Waals surface area contributed by atoms with Gasteiger partial charge in [0.05, 0.1) is 12.0 Å². The predicted octanol–water partition coefficient (Wildman–Crippen LogP) is 4.74. The van der Waals surface area contributed by atoms with Crippen LogP contribution in [0.1, 0.15) is 50.6 Å². The molecule has 0 radical (unpaired) electrons. The van der Waals surface area contributed by atoms with Crippen LogP contribution in [0.5, 0.6) is 0 Å².